The van der Waals surface area contributed by atoms with Crippen molar-refractivity contribution >= 4 is 23.1 Å². The molecule has 0 spiro atoms. The molecular weight excluding hydrogens is 407 g/mol. The van der Waals surface area contributed by atoms with Crippen molar-refractivity contribution in [1.29, 1.82) is 0 Å². The van der Waals surface area contributed by atoms with E-state index in [0.717, 1.165) is 36.5 Å². The topological polar surface area (TPSA) is 38.7 Å². The number of hydrogen-bond donors (Lipinski definition) is 1. The Morgan fingerprint density at radius 1 is 1.00 bits per heavy atom. The fourth-order valence-electron chi connectivity index (χ4n) is 3.54. The molecule has 0 bridgehead atoms. The molecule has 0 aliphatic carbocycles. The summed E-state index contributed by atoms with van der Waals surface area (Å²) >= 11 is 3.46. The van der Waals surface area contributed by atoms with Gasteiger partial charge in [0, 0.05) is 42.9 Å². The van der Waals surface area contributed by atoms with Crippen LogP contribution in [0.15, 0.2) is 69.8 Å². The molecule has 0 amide bonds. The Morgan fingerprint density at radius 2 is 1.62 bits per heavy atom. The molecule has 1 atom stereocenters. The largest absolute Gasteiger partial charge is 0.384 e. The predicted octanol–water partition coefficient (Wildman–Crippen LogP) is 5.77. The highest BCUT2D eigenvalue weighted by Gasteiger charge is 2.35. The van der Waals surface area contributed by atoms with Gasteiger partial charge < -0.3 is 14.6 Å². The highest BCUT2D eigenvalue weighted by molar-refractivity contribution is 8.01. The second-order valence-corrected chi connectivity index (χ2v) is 9.51. The summed E-state index contributed by atoms with van der Waals surface area (Å²) in [5.41, 5.74) is 1.23. The standard InChI is InChI=1S/C23H23FO3S2/c1-26-23(12-14-27-15-13-23)20-10-11-21(29-20)28-19-8-4-17(5-9-19)22(25)16-2-6-18(24)7-3-16/h2-11,22,25H,12-15H2,1H3. The van der Waals surface area contributed by atoms with Crippen LogP contribution >= 0.6 is 23.1 Å². The number of halogens is 1. The van der Waals surface area contributed by atoms with Crippen LogP contribution in [0.1, 0.15) is 34.9 Å². The number of methoxy groups -OCH3 is 1. The van der Waals surface area contributed by atoms with Gasteiger partial charge in [-0.1, -0.05) is 36.0 Å². The maximum Gasteiger partial charge on any atom is 0.123 e. The van der Waals surface area contributed by atoms with E-state index in [2.05, 4.69) is 12.1 Å². The molecule has 1 fully saturated rings. The van der Waals surface area contributed by atoms with Crippen LogP contribution in [0.5, 0.6) is 0 Å². The zero-order valence-corrected chi connectivity index (χ0v) is 17.8. The van der Waals surface area contributed by atoms with Crippen molar-refractivity contribution in [2.75, 3.05) is 20.3 Å². The molecule has 1 aliphatic rings. The first-order valence-corrected chi connectivity index (χ1v) is 11.2. The van der Waals surface area contributed by atoms with E-state index in [9.17, 15) is 9.50 Å². The Labute approximate surface area is 178 Å². The van der Waals surface area contributed by atoms with E-state index >= 15 is 0 Å². The van der Waals surface area contributed by atoms with E-state index in [-0.39, 0.29) is 11.4 Å². The highest BCUT2D eigenvalue weighted by Crippen LogP contribution is 2.43. The van der Waals surface area contributed by atoms with E-state index in [1.807, 2.05) is 24.3 Å². The van der Waals surface area contributed by atoms with E-state index < -0.39 is 6.10 Å². The van der Waals surface area contributed by atoms with Gasteiger partial charge in [-0.25, -0.2) is 4.39 Å². The van der Waals surface area contributed by atoms with Gasteiger partial charge in [-0.3, -0.25) is 0 Å². The molecule has 1 saturated heterocycles. The van der Waals surface area contributed by atoms with Crippen LogP contribution in [-0.4, -0.2) is 25.4 Å². The minimum Gasteiger partial charge on any atom is -0.384 e. The van der Waals surface area contributed by atoms with Crippen molar-refractivity contribution in [3.63, 3.8) is 0 Å². The molecule has 152 valence electrons. The quantitative estimate of drug-likeness (QED) is 0.539. The lowest BCUT2D eigenvalue weighted by Gasteiger charge is -2.35. The predicted molar refractivity (Wildman–Crippen MR) is 114 cm³/mol. The third kappa shape index (κ3) is 4.57. The second-order valence-electron chi connectivity index (χ2n) is 7.05. The summed E-state index contributed by atoms with van der Waals surface area (Å²) in [5, 5.41) is 10.5. The SMILES string of the molecule is COC1(c2ccc(Sc3ccc(C(O)c4ccc(F)cc4)cc3)s2)CCOCC1. The number of benzene rings is 2. The van der Waals surface area contributed by atoms with E-state index in [1.165, 1.54) is 21.2 Å². The van der Waals surface area contributed by atoms with Crippen molar-refractivity contribution < 1.29 is 19.0 Å². The molecule has 3 nitrogen and oxygen atoms in total. The molecule has 1 aliphatic heterocycles. The van der Waals surface area contributed by atoms with Crippen molar-refractivity contribution in [3.05, 3.63) is 82.5 Å². The van der Waals surface area contributed by atoms with Gasteiger partial charge in [-0.05, 0) is 47.5 Å². The Bertz CT molecular complexity index is 932. The fourth-order valence-corrected chi connectivity index (χ4v) is 5.87. The van der Waals surface area contributed by atoms with Crippen LogP contribution in [0.4, 0.5) is 4.39 Å². The summed E-state index contributed by atoms with van der Waals surface area (Å²) in [6, 6.07) is 18.1. The Balaban J connectivity index is 1.45. The maximum absolute atomic E-state index is 13.1. The first-order chi connectivity index (χ1) is 14.1. The summed E-state index contributed by atoms with van der Waals surface area (Å²) in [6.45, 7) is 1.46. The average molecular weight is 431 g/mol. The summed E-state index contributed by atoms with van der Waals surface area (Å²) in [7, 11) is 1.78. The van der Waals surface area contributed by atoms with Gasteiger partial charge in [-0.15, -0.1) is 11.3 Å². The molecule has 1 unspecified atom stereocenters. The molecule has 2 aromatic carbocycles. The molecule has 1 N–H and O–H groups in total. The van der Waals surface area contributed by atoms with E-state index in [1.54, 1.807) is 42.3 Å². The van der Waals surface area contributed by atoms with Gasteiger partial charge in [-0.2, -0.15) is 0 Å². The van der Waals surface area contributed by atoms with Crippen molar-refractivity contribution in [3.8, 4) is 0 Å². The lowest BCUT2D eigenvalue weighted by atomic mass is 9.92. The summed E-state index contributed by atoms with van der Waals surface area (Å²) in [6.07, 6.45) is 0.992. The first-order valence-electron chi connectivity index (χ1n) is 9.54. The molecule has 6 heteroatoms. The minimum atomic E-state index is -0.766. The summed E-state index contributed by atoms with van der Waals surface area (Å²) < 4.78 is 25.7. The van der Waals surface area contributed by atoms with Gasteiger partial charge in [0.2, 0.25) is 0 Å². The average Bonchev–Trinajstić information content (AvgIpc) is 3.24. The van der Waals surface area contributed by atoms with E-state index in [0.29, 0.717) is 5.56 Å². The van der Waals surface area contributed by atoms with Gasteiger partial charge in [0.15, 0.2) is 0 Å². The van der Waals surface area contributed by atoms with Crippen LogP contribution in [0.2, 0.25) is 0 Å². The minimum absolute atomic E-state index is 0.231. The molecule has 3 aromatic rings. The molecular formula is C23H23FO3S2. The van der Waals surface area contributed by atoms with Crippen LogP contribution in [-0.2, 0) is 15.1 Å². The highest BCUT2D eigenvalue weighted by atomic mass is 32.2. The number of thiophene rings is 1. The monoisotopic (exact) mass is 430 g/mol. The third-order valence-electron chi connectivity index (χ3n) is 5.32. The molecule has 0 radical (unpaired) electrons. The number of hydrogen-bond acceptors (Lipinski definition) is 5. The lowest BCUT2D eigenvalue weighted by Crippen LogP contribution is -2.34. The van der Waals surface area contributed by atoms with Crippen LogP contribution < -0.4 is 0 Å². The molecule has 4 rings (SSSR count). The third-order valence-corrected chi connectivity index (χ3v) is 7.73. The van der Waals surface area contributed by atoms with Crippen LogP contribution in [0, 0.1) is 5.82 Å². The zero-order chi connectivity index (χ0) is 20.3. The number of ether oxygens (including phenoxy) is 2. The number of aliphatic hydroxyl groups excluding tert-OH is 1. The molecule has 1 aromatic heterocycles. The van der Waals surface area contributed by atoms with Gasteiger partial charge >= 0.3 is 0 Å². The Kier molecular flexibility index (Phi) is 6.37. The Morgan fingerprint density at radius 3 is 2.24 bits per heavy atom. The first kappa shape index (κ1) is 20.6. The zero-order valence-electron chi connectivity index (χ0n) is 16.1. The molecule has 29 heavy (non-hydrogen) atoms. The van der Waals surface area contributed by atoms with Crippen LogP contribution in [0.25, 0.3) is 0 Å². The normalized spacial score (nSPS) is 17.2. The smallest absolute Gasteiger partial charge is 0.123 e. The second kappa shape index (κ2) is 8.98. The van der Waals surface area contributed by atoms with Crippen molar-refractivity contribution in [1.82, 2.24) is 0 Å². The van der Waals surface area contributed by atoms with Gasteiger partial charge in [0.25, 0.3) is 0 Å². The molecule has 2 heterocycles. The van der Waals surface area contributed by atoms with E-state index in [4.69, 9.17) is 9.47 Å². The summed E-state index contributed by atoms with van der Waals surface area (Å²) in [5.74, 6) is -0.306. The van der Waals surface area contributed by atoms with Gasteiger partial charge in [0.05, 0.1) is 4.21 Å². The van der Waals surface area contributed by atoms with Crippen molar-refractivity contribution in [2.45, 2.75) is 33.7 Å². The van der Waals surface area contributed by atoms with Crippen molar-refractivity contribution in [2.24, 2.45) is 0 Å². The number of aliphatic hydroxyl groups is 1. The maximum atomic E-state index is 13.1. The lowest BCUT2D eigenvalue weighted by molar-refractivity contribution is -0.0925. The Hall–Kier alpha value is -1.70. The fraction of sp³-hybridized carbons (Fsp3) is 0.304. The van der Waals surface area contributed by atoms with Crippen LogP contribution in [0.3, 0.4) is 0 Å². The number of rotatable bonds is 6. The summed E-state index contributed by atoms with van der Waals surface area (Å²) in [4.78, 5) is 2.35. The molecule has 0 saturated carbocycles. The van der Waals surface area contributed by atoms with Gasteiger partial charge in [0.1, 0.15) is 17.5 Å².